The molecular weight excluding hydrogens is 492 g/mol. The van der Waals surface area contributed by atoms with Gasteiger partial charge in [-0.15, -0.1) is 0 Å². The van der Waals surface area contributed by atoms with Crippen molar-refractivity contribution >= 4 is 11.1 Å². The Labute approximate surface area is 229 Å². The number of pyridine rings is 1. The Morgan fingerprint density at radius 3 is 2.62 bits per heavy atom. The maximum Gasteiger partial charge on any atom is 0.161 e. The average Bonchev–Trinajstić information content (AvgIpc) is 3.60. The van der Waals surface area contributed by atoms with Gasteiger partial charge < -0.3 is 19.0 Å². The first-order chi connectivity index (χ1) is 18.8. The summed E-state index contributed by atoms with van der Waals surface area (Å²) in [7, 11) is 5.21. The number of aliphatic hydroxyl groups is 1. The van der Waals surface area contributed by atoms with Crippen molar-refractivity contribution in [2.45, 2.75) is 38.6 Å². The second-order valence-electron chi connectivity index (χ2n) is 10.4. The molecule has 2 atom stereocenters. The predicted molar refractivity (Wildman–Crippen MR) is 151 cm³/mol. The molecule has 8 heteroatoms. The van der Waals surface area contributed by atoms with Gasteiger partial charge in [-0.1, -0.05) is 12.1 Å². The van der Waals surface area contributed by atoms with Gasteiger partial charge in [0.2, 0.25) is 0 Å². The number of aliphatic hydroxyl groups excluding tert-OH is 1. The van der Waals surface area contributed by atoms with Crippen LogP contribution in [0.5, 0.6) is 11.5 Å². The van der Waals surface area contributed by atoms with Crippen LogP contribution in [0.3, 0.4) is 0 Å². The minimum Gasteiger partial charge on any atom is -0.496 e. The second-order valence-corrected chi connectivity index (χ2v) is 10.4. The maximum absolute atomic E-state index is 10.4. The number of hydrogen-bond acceptors (Lipinski definition) is 8. The fraction of sp³-hybridized carbons (Fsp3) is 0.355. The molecule has 8 nitrogen and oxygen atoms in total. The summed E-state index contributed by atoms with van der Waals surface area (Å²) in [5.41, 5.74) is 4.96. The molecule has 2 aromatic heterocycles. The molecule has 1 aliphatic heterocycles. The van der Waals surface area contributed by atoms with Crippen LogP contribution < -0.4 is 9.47 Å². The van der Waals surface area contributed by atoms with Crippen molar-refractivity contribution in [3.63, 3.8) is 0 Å². The topological polar surface area (TPSA) is 95.0 Å². The van der Waals surface area contributed by atoms with Gasteiger partial charge in [-0.2, -0.15) is 5.26 Å². The monoisotopic (exact) mass is 526 g/mol. The van der Waals surface area contributed by atoms with Crippen LogP contribution in [-0.4, -0.2) is 66.3 Å². The highest BCUT2D eigenvalue weighted by molar-refractivity contribution is 5.93. The van der Waals surface area contributed by atoms with E-state index in [0.29, 0.717) is 40.0 Å². The maximum atomic E-state index is 10.4. The summed E-state index contributed by atoms with van der Waals surface area (Å²) in [5, 5.41) is 20.3. The summed E-state index contributed by atoms with van der Waals surface area (Å²) >= 11 is 0. The summed E-state index contributed by atoms with van der Waals surface area (Å²) in [4.78, 5) is 8.62. The van der Waals surface area contributed by atoms with Crippen LogP contribution in [0, 0.1) is 11.3 Å². The molecule has 3 heterocycles. The van der Waals surface area contributed by atoms with Crippen molar-refractivity contribution in [3.05, 3.63) is 65.9 Å². The zero-order valence-electron chi connectivity index (χ0n) is 23.0. The van der Waals surface area contributed by atoms with Gasteiger partial charge in [0.15, 0.2) is 5.58 Å². The highest BCUT2D eigenvalue weighted by Gasteiger charge is 2.26. The number of nitrogens with zero attached hydrogens (tertiary/aromatic N) is 4. The first kappa shape index (κ1) is 26.7. The predicted octanol–water partition coefficient (Wildman–Crippen LogP) is 5.46. The number of aromatic nitrogens is 1. The Hall–Kier alpha value is -3.90. The van der Waals surface area contributed by atoms with Crippen molar-refractivity contribution in [1.82, 2.24) is 14.8 Å². The molecule has 1 N–H and O–H groups in total. The molecule has 39 heavy (non-hydrogen) atoms. The molecular formula is C31H34N4O4. The Bertz CT molecular complexity index is 1520. The molecule has 0 radical (unpaired) electrons. The molecule has 5 rings (SSSR count). The lowest BCUT2D eigenvalue weighted by Crippen LogP contribution is -2.30. The lowest BCUT2D eigenvalue weighted by atomic mass is 10.0. The van der Waals surface area contributed by atoms with E-state index in [4.69, 9.17) is 13.9 Å². The number of nitriles is 1. The van der Waals surface area contributed by atoms with Crippen molar-refractivity contribution in [2.24, 2.45) is 0 Å². The second kappa shape index (κ2) is 11.1. The lowest BCUT2D eigenvalue weighted by molar-refractivity contribution is 0.0394. The smallest absolute Gasteiger partial charge is 0.161 e. The lowest BCUT2D eigenvalue weighted by Gasteiger charge is -2.20. The molecule has 1 fully saturated rings. The van der Waals surface area contributed by atoms with E-state index in [2.05, 4.69) is 29.8 Å². The van der Waals surface area contributed by atoms with Crippen LogP contribution in [0.25, 0.3) is 33.6 Å². The van der Waals surface area contributed by atoms with Gasteiger partial charge in [0.1, 0.15) is 41.2 Å². The van der Waals surface area contributed by atoms with Crippen LogP contribution in [0.15, 0.2) is 59.1 Å². The van der Waals surface area contributed by atoms with Gasteiger partial charge >= 0.3 is 0 Å². The number of methoxy groups -OCH3 is 1. The van der Waals surface area contributed by atoms with Crippen LogP contribution in [-0.2, 0) is 0 Å². The van der Waals surface area contributed by atoms with E-state index in [1.54, 1.807) is 18.2 Å². The molecule has 202 valence electrons. The Balaban J connectivity index is 1.47. The third-order valence-electron chi connectivity index (χ3n) is 7.30. The standard InChI is InChI=1S/C31H34N4O4/c1-19(2)35-13-11-23(18-35)38-27-9-7-20(14-22(27)17-32)24-10-12-33-26-16-29(39-30(24)26)25-8-6-21(15-28(25)37-5)31(36)34(3)4/h6-10,12,14-16,19,23,31,36H,11,13,18H2,1-5H3. The summed E-state index contributed by atoms with van der Waals surface area (Å²) < 4.78 is 18.2. The van der Waals surface area contributed by atoms with Gasteiger partial charge in [0.25, 0.3) is 0 Å². The van der Waals surface area contributed by atoms with Gasteiger partial charge in [0.05, 0.1) is 18.2 Å². The van der Waals surface area contributed by atoms with E-state index in [0.717, 1.165) is 41.8 Å². The number of likely N-dealkylation sites (tertiary alicyclic amines) is 1. The Morgan fingerprint density at radius 1 is 1.10 bits per heavy atom. The van der Waals surface area contributed by atoms with E-state index in [1.165, 1.54) is 0 Å². The van der Waals surface area contributed by atoms with E-state index in [-0.39, 0.29) is 6.10 Å². The van der Waals surface area contributed by atoms with Gasteiger partial charge in [-0.3, -0.25) is 14.8 Å². The molecule has 0 bridgehead atoms. The number of hydrogen-bond donors (Lipinski definition) is 1. The molecule has 1 aliphatic rings. The molecule has 2 unspecified atom stereocenters. The number of fused-ring (bicyclic) bond motifs is 1. The largest absolute Gasteiger partial charge is 0.496 e. The van der Waals surface area contributed by atoms with E-state index in [9.17, 15) is 10.4 Å². The zero-order valence-corrected chi connectivity index (χ0v) is 23.0. The van der Waals surface area contributed by atoms with Gasteiger partial charge in [-0.25, -0.2) is 0 Å². The third-order valence-corrected chi connectivity index (χ3v) is 7.30. The Morgan fingerprint density at radius 2 is 1.92 bits per heavy atom. The highest BCUT2D eigenvalue weighted by Crippen LogP contribution is 2.39. The zero-order chi connectivity index (χ0) is 27.7. The van der Waals surface area contributed by atoms with Crippen LogP contribution >= 0.6 is 0 Å². The fourth-order valence-electron chi connectivity index (χ4n) is 5.05. The van der Waals surface area contributed by atoms with Crippen molar-refractivity contribution in [1.29, 1.82) is 5.26 Å². The first-order valence-electron chi connectivity index (χ1n) is 13.2. The number of benzene rings is 2. The summed E-state index contributed by atoms with van der Waals surface area (Å²) in [6, 6.07) is 17.8. The first-order valence-corrected chi connectivity index (χ1v) is 13.2. The van der Waals surface area contributed by atoms with Crippen molar-refractivity contribution in [3.8, 4) is 40.0 Å². The number of ether oxygens (including phenoxy) is 2. The van der Waals surface area contributed by atoms with Gasteiger partial charge in [0, 0.05) is 37.0 Å². The van der Waals surface area contributed by atoms with Gasteiger partial charge in [-0.05, 0) is 75.8 Å². The summed E-state index contributed by atoms with van der Waals surface area (Å²) in [5.74, 6) is 1.79. The Kier molecular flexibility index (Phi) is 7.58. The minimum absolute atomic E-state index is 0.0748. The number of rotatable bonds is 8. The SMILES string of the molecule is COc1cc(C(O)N(C)C)ccc1-c1cc2nccc(-c3ccc(OC4CCN(C(C)C)C4)c(C#N)c3)c2o1. The molecule has 2 aromatic carbocycles. The van der Waals surface area contributed by atoms with Crippen LogP contribution in [0.2, 0.25) is 0 Å². The molecule has 0 amide bonds. The van der Waals surface area contributed by atoms with E-state index < -0.39 is 6.23 Å². The summed E-state index contributed by atoms with van der Waals surface area (Å²) in [6.45, 7) is 6.24. The minimum atomic E-state index is -0.749. The number of furan rings is 1. The molecule has 0 spiro atoms. The normalized spacial score (nSPS) is 16.6. The summed E-state index contributed by atoms with van der Waals surface area (Å²) in [6.07, 6.45) is 2.01. The van der Waals surface area contributed by atoms with Crippen molar-refractivity contribution in [2.75, 3.05) is 34.3 Å². The fourth-order valence-corrected chi connectivity index (χ4v) is 5.05. The average molecular weight is 527 g/mol. The van der Waals surface area contributed by atoms with Crippen molar-refractivity contribution < 1.29 is 19.0 Å². The molecule has 1 saturated heterocycles. The third kappa shape index (κ3) is 5.34. The van der Waals surface area contributed by atoms with Crippen LogP contribution in [0.1, 0.15) is 37.6 Å². The molecule has 0 aliphatic carbocycles. The highest BCUT2D eigenvalue weighted by atomic mass is 16.5. The molecule has 0 saturated carbocycles. The van der Waals surface area contributed by atoms with Crippen LogP contribution in [0.4, 0.5) is 0 Å². The van der Waals surface area contributed by atoms with E-state index in [1.807, 2.05) is 62.6 Å². The van der Waals surface area contributed by atoms with E-state index >= 15 is 0 Å². The quantitative estimate of drug-likeness (QED) is 0.303. The molecule has 4 aromatic rings.